The van der Waals surface area contributed by atoms with Crippen LogP contribution in [0.1, 0.15) is 26.2 Å². The minimum atomic E-state index is 0.0787. The first kappa shape index (κ1) is 11.3. The van der Waals surface area contributed by atoms with Gasteiger partial charge in [-0.25, -0.2) is 0 Å². The van der Waals surface area contributed by atoms with Crippen LogP contribution >= 0.6 is 11.8 Å². The summed E-state index contributed by atoms with van der Waals surface area (Å²) in [5.41, 5.74) is 0. The number of carbonyl (C=O) groups is 1. The minimum absolute atomic E-state index is 0.0787. The fourth-order valence-electron chi connectivity index (χ4n) is 2.14. The van der Waals surface area contributed by atoms with Gasteiger partial charge >= 0.3 is 0 Å². The molecule has 4 heteroatoms. The van der Waals surface area contributed by atoms with Crippen LogP contribution in [0.5, 0.6) is 0 Å². The van der Waals surface area contributed by atoms with E-state index in [-0.39, 0.29) is 6.04 Å². The summed E-state index contributed by atoms with van der Waals surface area (Å²) < 4.78 is 0. The van der Waals surface area contributed by atoms with Crippen LogP contribution in [0.25, 0.3) is 0 Å². The number of hydrogen-bond acceptors (Lipinski definition) is 3. The molecule has 86 valence electrons. The van der Waals surface area contributed by atoms with E-state index < -0.39 is 0 Å². The van der Waals surface area contributed by atoms with E-state index in [9.17, 15) is 4.79 Å². The number of hydrogen-bond donors (Lipinski definition) is 1. The summed E-state index contributed by atoms with van der Waals surface area (Å²) in [6, 6.07) is 0.0787. The number of amides is 1. The predicted molar refractivity (Wildman–Crippen MR) is 63.8 cm³/mol. The Hall–Kier alpha value is -0.220. The second-order valence-electron chi connectivity index (χ2n) is 4.45. The van der Waals surface area contributed by atoms with Crippen molar-refractivity contribution in [3.05, 3.63) is 0 Å². The Morgan fingerprint density at radius 1 is 1.53 bits per heavy atom. The average Bonchev–Trinajstić information content (AvgIpc) is 2.68. The van der Waals surface area contributed by atoms with E-state index in [4.69, 9.17) is 0 Å². The van der Waals surface area contributed by atoms with Gasteiger partial charge in [-0.15, -0.1) is 11.8 Å². The van der Waals surface area contributed by atoms with Crippen LogP contribution in [-0.2, 0) is 4.79 Å². The molecule has 1 aliphatic carbocycles. The van der Waals surface area contributed by atoms with Gasteiger partial charge in [0.1, 0.15) is 0 Å². The van der Waals surface area contributed by atoms with E-state index in [0.717, 1.165) is 30.6 Å². The van der Waals surface area contributed by atoms with Gasteiger partial charge in [-0.3, -0.25) is 10.1 Å². The molecule has 0 radical (unpaired) electrons. The number of thioether (sulfide) groups is 1. The van der Waals surface area contributed by atoms with Gasteiger partial charge in [0.2, 0.25) is 5.91 Å². The Morgan fingerprint density at radius 3 is 2.80 bits per heavy atom. The first-order valence-electron chi connectivity index (χ1n) is 5.91. The van der Waals surface area contributed by atoms with Crippen molar-refractivity contribution < 1.29 is 4.79 Å². The topological polar surface area (TPSA) is 32.3 Å². The van der Waals surface area contributed by atoms with Gasteiger partial charge in [-0.05, 0) is 25.7 Å². The van der Waals surface area contributed by atoms with Gasteiger partial charge in [-0.2, -0.15) is 0 Å². The highest BCUT2D eigenvalue weighted by Gasteiger charge is 2.29. The molecule has 1 saturated carbocycles. The van der Waals surface area contributed by atoms with Crippen LogP contribution in [0.2, 0.25) is 0 Å². The summed E-state index contributed by atoms with van der Waals surface area (Å²) in [5, 5.41) is 3.25. The lowest BCUT2D eigenvalue weighted by molar-refractivity contribution is -0.133. The highest BCUT2D eigenvalue weighted by molar-refractivity contribution is 7.99. The summed E-state index contributed by atoms with van der Waals surface area (Å²) in [6.45, 7) is 3.93. The lowest BCUT2D eigenvalue weighted by Gasteiger charge is -2.33. The first-order valence-corrected chi connectivity index (χ1v) is 7.06. The van der Waals surface area contributed by atoms with Gasteiger partial charge in [0.15, 0.2) is 0 Å². The molecule has 3 nitrogen and oxygen atoms in total. The highest BCUT2D eigenvalue weighted by atomic mass is 32.2. The van der Waals surface area contributed by atoms with E-state index in [0.29, 0.717) is 5.91 Å². The molecule has 1 heterocycles. The molecular formula is C11H20N2OS. The van der Waals surface area contributed by atoms with Crippen LogP contribution in [0.3, 0.4) is 0 Å². The third kappa shape index (κ3) is 2.67. The molecule has 15 heavy (non-hydrogen) atoms. The van der Waals surface area contributed by atoms with Crippen molar-refractivity contribution in [3.8, 4) is 0 Å². The molecule has 2 fully saturated rings. The van der Waals surface area contributed by atoms with Crippen molar-refractivity contribution in [2.75, 3.05) is 24.7 Å². The fourth-order valence-corrected chi connectivity index (χ4v) is 3.07. The Bertz CT molecular complexity index is 225. The summed E-state index contributed by atoms with van der Waals surface area (Å²) in [6.07, 6.45) is 3.99. The summed E-state index contributed by atoms with van der Waals surface area (Å²) in [4.78, 5) is 14.1. The van der Waals surface area contributed by atoms with Crippen LogP contribution < -0.4 is 5.32 Å². The second kappa shape index (κ2) is 5.21. The zero-order valence-electron chi connectivity index (χ0n) is 9.37. The molecule has 1 aliphatic heterocycles. The van der Waals surface area contributed by atoms with E-state index in [1.807, 2.05) is 16.7 Å². The number of likely N-dealkylation sites (N-methyl/N-ethyl adjacent to an activating group) is 1. The van der Waals surface area contributed by atoms with Crippen LogP contribution in [-0.4, -0.2) is 41.6 Å². The number of nitrogens with one attached hydrogen (secondary N) is 1. The van der Waals surface area contributed by atoms with Crippen molar-refractivity contribution >= 4 is 17.7 Å². The SMILES string of the molecule is CCN(CC1CCC1)C(=O)C1CSCN1. The van der Waals surface area contributed by atoms with E-state index in [1.165, 1.54) is 19.3 Å². The smallest absolute Gasteiger partial charge is 0.240 e. The monoisotopic (exact) mass is 228 g/mol. The first-order chi connectivity index (χ1) is 7.31. The molecule has 0 bridgehead atoms. The third-order valence-corrected chi connectivity index (χ3v) is 4.35. The van der Waals surface area contributed by atoms with E-state index in [1.54, 1.807) is 0 Å². The molecule has 2 rings (SSSR count). The Labute approximate surface area is 96.0 Å². The lowest BCUT2D eigenvalue weighted by Crippen LogP contribution is -2.47. The molecule has 2 aliphatic rings. The molecule has 1 unspecified atom stereocenters. The predicted octanol–water partition coefficient (Wildman–Crippen LogP) is 1.30. The third-order valence-electron chi connectivity index (χ3n) is 3.41. The summed E-state index contributed by atoms with van der Waals surface area (Å²) in [7, 11) is 0. The standard InChI is InChI=1S/C11H20N2OS/c1-2-13(6-9-4-3-5-9)11(14)10-7-15-8-12-10/h9-10,12H,2-8H2,1H3. The maximum absolute atomic E-state index is 12.1. The van der Waals surface area contributed by atoms with Gasteiger partial charge in [0.25, 0.3) is 0 Å². The van der Waals surface area contributed by atoms with Crippen molar-refractivity contribution in [2.24, 2.45) is 5.92 Å². The van der Waals surface area contributed by atoms with Gasteiger partial charge < -0.3 is 4.90 Å². The van der Waals surface area contributed by atoms with Gasteiger partial charge in [0.05, 0.1) is 6.04 Å². The highest BCUT2D eigenvalue weighted by Crippen LogP contribution is 2.27. The van der Waals surface area contributed by atoms with Crippen LogP contribution in [0.15, 0.2) is 0 Å². The molecule has 1 saturated heterocycles. The van der Waals surface area contributed by atoms with Crippen molar-refractivity contribution in [1.82, 2.24) is 10.2 Å². The van der Waals surface area contributed by atoms with Gasteiger partial charge in [0, 0.05) is 24.7 Å². The Morgan fingerprint density at radius 2 is 2.33 bits per heavy atom. The average molecular weight is 228 g/mol. The number of rotatable bonds is 4. The van der Waals surface area contributed by atoms with Crippen LogP contribution in [0, 0.1) is 5.92 Å². The van der Waals surface area contributed by atoms with Crippen LogP contribution in [0.4, 0.5) is 0 Å². The zero-order valence-corrected chi connectivity index (χ0v) is 10.2. The Balaban J connectivity index is 1.83. The zero-order chi connectivity index (χ0) is 10.7. The second-order valence-corrected chi connectivity index (χ2v) is 5.48. The van der Waals surface area contributed by atoms with Crippen molar-refractivity contribution in [2.45, 2.75) is 32.2 Å². The van der Waals surface area contributed by atoms with E-state index in [2.05, 4.69) is 12.2 Å². The molecule has 0 aromatic carbocycles. The quantitative estimate of drug-likeness (QED) is 0.787. The minimum Gasteiger partial charge on any atom is -0.341 e. The molecule has 0 spiro atoms. The summed E-state index contributed by atoms with van der Waals surface area (Å²) >= 11 is 1.82. The number of nitrogens with zero attached hydrogens (tertiary/aromatic N) is 1. The molecule has 0 aromatic rings. The molecule has 1 N–H and O–H groups in total. The van der Waals surface area contributed by atoms with Gasteiger partial charge in [-0.1, -0.05) is 6.42 Å². The number of carbonyl (C=O) groups excluding carboxylic acids is 1. The lowest BCUT2D eigenvalue weighted by atomic mass is 9.85. The van der Waals surface area contributed by atoms with E-state index >= 15 is 0 Å². The normalized spacial score (nSPS) is 26.3. The molecule has 1 atom stereocenters. The largest absolute Gasteiger partial charge is 0.341 e. The maximum Gasteiger partial charge on any atom is 0.240 e. The molecular weight excluding hydrogens is 208 g/mol. The molecule has 0 aromatic heterocycles. The molecule has 1 amide bonds. The fraction of sp³-hybridized carbons (Fsp3) is 0.909. The maximum atomic E-state index is 12.1. The van der Waals surface area contributed by atoms with Crippen molar-refractivity contribution in [1.29, 1.82) is 0 Å². The summed E-state index contributed by atoms with van der Waals surface area (Å²) in [5.74, 6) is 2.97. The Kier molecular flexibility index (Phi) is 3.92. The van der Waals surface area contributed by atoms with Crippen molar-refractivity contribution in [3.63, 3.8) is 0 Å².